The Morgan fingerprint density at radius 1 is 1.22 bits per heavy atom. The van der Waals surface area contributed by atoms with E-state index in [0.717, 1.165) is 33.7 Å². The third kappa shape index (κ3) is 3.04. The zero-order chi connectivity index (χ0) is 16.4. The fraction of sp³-hybridized carbons (Fsp3) is 0.294. The summed E-state index contributed by atoms with van der Waals surface area (Å²) in [6.07, 6.45) is 0. The number of benzene rings is 1. The molecule has 2 aromatic heterocycles. The van der Waals surface area contributed by atoms with Crippen LogP contribution in [0.1, 0.15) is 12.7 Å². The van der Waals surface area contributed by atoms with E-state index >= 15 is 0 Å². The lowest BCUT2D eigenvalue weighted by Gasteiger charge is -2.22. The molecule has 2 heterocycles. The van der Waals surface area contributed by atoms with Gasteiger partial charge in [-0.1, -0.05) is 12.1 Å². The van der Waals surface area contributed by atoms with E-state index < -0.39 is 0 Å². The Kier molecular flexibility index (Phi) is 4.54. The molecule has 0 amide bonds. The van der Waals surface area contributed by atoms with Crippen molar-refractivity contribution < 1.29 is 9.50 Å². The van der Waals surface area contributed by atoms with Gasteiger partial charge in [0.2, 0.25) is 0 Å². The Labute approximate surface area is 138 Å². The number of halogens is 1. The van der Waals surface area contributed by atoms with Gasteiger partial charge >= 0.3 is 0 Å². The number of thiophene rings is 1. The Morgan fingerprint density at radius 3 is 2.61 bits per heavy atom. The second-order valence-electron chi connectivity index (χ2n) is 5.23. The Balaban J connectivity index is 2.22. The minimum atomic E-state index is -0.254. The molecule has 3 aromatic rings. The van der Waals surface area contributed by atoms with E-state index in [0.29, 0.717) is 12.4 Å². The number of aliphatic hydroxyl groups excluding tert-OH is 1. The van der Waals surface area contributed by atoms with Crippen LogP contribution in [0, 0.1) is 12.7 Å². The molecule has 23 heavy (non-hydrogen) atoms. The molecule has 0 bridgehead atoms. The van der Waals surface area contributed by atoms with Crippen molar-refractivity contribution in [2.75, 3.05) is 24.6 Å². The summed E-state index contributed by atoms with van der Waals surface area (Å²) in [6.45, 7) is 5.22. The molecule has 0 saturated heterocycles. The topological polar surface area (TPSA) is 49.2 Å². The molecule has 0 aliphatic rings. The Morgan fingerprint density at radius 2 is 1.96 bits per heavy atom. The van der Waals surface area contributed by atoms with Gasteiger partial charge in [-0.2, -0.15) is 0 Å². The van der Waals surface area contributed by atoms with E-state index in [1.54, 1.807) is 23.5 Å². The van der Waals surface area contributed by atoms with E-state index in [-0.39, 0.29) is 12.4 Å². The molecular formula is C17H18FN3OS. The molecule has 120 valence electrons. The second kappa shape index (κ2) is 6.60. The molecule has 0 spiro atoms. The van der Waals surface area contributed by atoms with Crippen molar-refractivity contribution in [3.05, 3.63) is 41.3 Å². The van der Waals surface area contributed by atoms with Gasteiger partial charge in [0.15, 0.2) is 0 Å². The van der Waals surface area contributed by atoms with Gasteiger partial charge in [0.05, 0.1) is 12.0 Å². The van der Waals surface area contributed by atoms with Crippen LogP contribution >= 0.6 is 11.3 Å². The highest BCUT2D eigenvalue weighted by atomic mass is 32.1. The number of nitrogens with zero attached hydrogens (tertiary/aromatic N) is 3. The lowest BCUT2D eigenvalue weighted by atomic mass is 10.1. The first-order valence-electron chi connectivity index (χ1n) is 7.51. The molecule has 1 aromatic carbocycles. The summed E-state index contributed by atoms with van der Waals surface area (Å²) in [5.41, 5.74) is 1.93. The minimum absolute atomic E-state index is 0.0639. The third-order valence-electron chi connectivity index (χ3n) is 3.73. The molecule has 0 aliphatic heterocycles. The zero-order valence-corrected chi connectivity index (χ0v) is 13.9. The van der Waals surface area contributed by atoms with Crippen molar-refractivity contribution in [3.8, 4) is 11.1 Å². The molecule has 0 fully saturated rings. The summed E-state index contributed by atoms with van der Waals surface area (Å²) < 4.78 is 13.2. The van der Waals surface area contributed by atoms with Crippen molar-refractivity contribution in [3.63, 3.8) is 0 Å². The summed E-state index contributed by atoms with van der Waals surface area (Å²) in [7, 11) is 0. The predicted molar refractivity (Wildman–Crippen MR) is 92.5 cm³/mol. The first-order chi connectivity index (χ1) is 11.1. The normalized spacial score (nSPS) is 11.1. The monoisotopic (exact) mass is 331 g/mol. The maximum absolute atomic E-state index is 13.2. The molecule has 0 aliphatic carbocycles. The highest BCUT2D eigenvalue weighted by molar-refractivity contribution is 7.17. The molecule has 0 radical (unpaired) electrons. The number of hydrogen-bond donors (Lipinski definition) is 1. The molecule has 0 atom stereocenters. The molecule has 1 N–H and O–H groups in total. The van der Waals surface area contributed by atoms with Crippen molar-refractivity contribution in [2.24, 2.45) is 0 Å². The van der Waals surface area contributed by atoms with E-state index in [9.17, 15) is 9.50 Å². The summed E-state index contributed by atoms with van der Waals surface area (Å²) in [4.78, 5) is 12.1. The summed E-state index contributed by atoms with van der Waals surface area (Å²) in [5.74, 6) is 1.28. The van der Waals surface area contributed by atoms with Crippen molar-refractivity contribution in [1.82, 2.24) is 9.97 Å². The lowest BCUT2D eigenvalue weighted by molar-refractivity contribution is 0.302. The fourth-order valence-corrected chi connectivity index (χ4v) is 3.62. The highest BCUT2D eigenvalue weighted by Crippen LogP contribution is 2.38. The number of fused-ring (bicyclic) bond motifs is 1. The number of likely N-dealkylation sites (N-methyl/N-ethyl adjacent to an activating group) is 1. The number of aryl methyl sites for hydroxylation is 1. The van der Waals surface area contributed by atoms with Gasteiger partial charge in [0.1, 0.15) is 22.3 Å². The van der Waals surface area contributed by atoms with Crippen LogP contribution < -0.4 is 4.90 Å². The minimum Gasteiger partial charge on any atom is -0.395 e. The molecule has 0 saturated carbocycles. The first-order valence-corrected chi connectivity index (χ1v) is 8.39. The largest absolute Gasteiger partial charge is 0.395 e. The maximum Gasteiger partial charge on any atom is 0.141 e. The second-order valence-corrected chi connectivity index (χ2v) is 6.09. The van der Waals surface area contributed by atoms with Crippen molar-refractivity contribution >= 4 is 27.4 Å². The van der Waals surface area contributed by atoms with Crippen LogP contribution in [-0.4, -0.2) is 34.8 Å². The maximum atomic E-state index is 13.2. The van der Waals surface area contributed by atoms with Gasteiger partial charge in [0, 0.05) is 24.0 Å². The van der Waals surface area contributed by atoms with Crippen LogP contribution in [0.5, 0.6) is 0 Å². The average molecular weight is 331 g/mol. The van der Waals surface area contributed by atoms with Crippen LogP contribution in [0.3, 0.4) is 0 Å². The summed E-state index contributed by atoms with van der Waals surface area (Å²) in [5, 5.41) is 12.3. The SMILES string of the molecule is CCN(CCO)c1nc(C)nc2scc(-c3ccc(F)cc3)c12. The van der Waals surface area contributed by atoms with Gasteiger partial charge in [0.25, 0.3) is 0 Å². The quantitative estimate of drug-likeness (QED) is 0.776. The number of hydrogen-bond acceptors (Lipinski definition) is 5. The number of anilines is 1. The average Bonchev–Trinajstić information content (AvgIpc) is 2.96. The third-order valence-corrected chi connectivity index (χ3v) is 4.60. The summed E-state index contributed by atoms with van der Waals surface area (Å²) >= 11 is 1.55. The number of rotatable bonds is 5. The lowest BCUT2D eigenvalue weighted by Crippen LogP contribution is -2.27. The zero-order valence-electron chi connectivity index (χ0n) is 13.1. The van der Waals surface area contributed by atoms with Crippen LogP contribution in [0.4, 0.5) is 10.2 Å². The van der Waals surface area contributed by atoms with E-state index in [1.807, 2.05) is 24.1 Å². The highest BCUT2D eigenvalue weighted by Gasteiger charge is 2.18. The molecule has 3 rings (SSSR count). The Bertz CT molecular complexity index is 817. The Hall–Kier alpha value is -2.05. The molecule has 0 unspecified atom stereocenters. The standard InChI is InChI=1S/C17H18FN3OS/c1-3-21(8-9-22)16-15-14(12-4-6-13(18)7-5-12)10-23-17(15)20-11(2)19-16/h4-7,10,22H,3,8-9H2,1-2H3. The number of aliphatic hydroxyl groups is 1. The molecular weight excluding hydrogens is 313 g/mol. The van der Waals surface area contributed by atoms with Gasteiger partial charge in [-0.15, -0.1) is 11.3 Å². The van der Waals surface area contributed by atoms with Crippen molar-refractivity contribution in [1.29, 1.82) is 0 Å². The van der Waals surface area contributed by atoms with Gasteiger partial charge in [-0.05, 0) is 31.5 Å². The van der Waals surface area contributed by atoms with Crippen LogP contribution in [0.15, 0.2) is 29.6 Å². The predicted octanol–water partition coefficient (Wildman–Crippen LogP) is 3.62. The smallest absolute Gasteiger partial charge is 0.141 e. The van der Waals surface area contributed by atoms with E-state index in [2.05, 4.69) is 9.97 Å². The van der Waals surface area contributed by atoms with Crippen LogP contribution in [-0.2, 0) is 0 Å². The summed E-state index contributed by atoms with van der Waals surface area (Å²) in [6, 6.07) is 6.45. The van der Waals surface area contributed by atoms with Gasteiger partial charge in [-0.3, -0.25) is 0 Å². The van der Waals surface area contributed by atoms with Gasteiger partial charge in [-0.25, -0.2) is 14.4 Å². The van der Waals surface area contributed by atoms with E-state index in [4.69, 9.17) is 0 Å². The van der Waals surface area contributed by atoms with E-state index in [1.165, 1.54) is 12.1 Å². The van der Waals surface area contributed by atoms with Crippen LogP contribution in [0.2, 0.25) is 0 Å². The molecule has 4 nitrogen and oxygen atoms in total. The van der Waals surface area contributed by atoms with Crippen LogP contribution in [0.25, 0.3) is 21.3 Å². The fourth-order valence-electron chi connectivity index (χ4n) is 2.63. The van der Waals surface area contributed by atoms with Gasteiger partial charge < -0.3 is 10.0 Å². The first kappa shape index (κ1) is 15.8. The number of aromatic nitrogens is 2. The molecule has 6 heteroatoms. The van der Waals surface area contributed by atoms with Crippen molar-refractivity contribution in [2.45, 2.75) is 13.8 Å².